The second-order valence-corrected chi connectivity index (χ2v) is 4.14. The van der Waals surface area contributed by atoms with E-state index in [-0.39, 0.29) is 0 Å². The van der Waals surface area contributed by atoms with Crippen LogP contribution in [0.5, 0.6) is 0 Å². The Balaban J connectivity index is 2.23. The molecule has 0 saturated carbocycles. The Hall–Kier alpha value is -0.570. The summed E-state index contributed by atoms with van der Waals surface area (Å²) in [5, 5.41) is 3.01. The minimum atomic E-state index is 0.318. The van der Waals surface area contributed by atoms with E-state index in [0.29, 0.717) is 12.3 Å². The van der Waals surface area contributed by atoms with E-state index in [4.69, 9.17) is 0 Å². The third-order valence-corrected chi connectivity index (χ3v) is 2.92. The predicted octanol–water partition coefficient (Wildman–Crippen LogP) is 1.24. The van der Waals surface area contributed by atoms with Crippen molar-refractivity contribution in [3.05, 3.63) is 0 Å². The van der Waals surface area contributed by atoms with E-state index in [1.165, 1.54) is 19.3 Å². The van der Waals surface area contributed by atoms with Gasteiger partial charge in [-0.3, -0.25) is 4.79 Å². The highest BCUT2D eigenvalue weighted by Gasteiger charge is 2.24. The molecule has 3 nitrogen and oxygen atoms in total. The van der Waals surface area contributed by atoms with Crippen LogP contribution in [0.2, 0.25) is 0 Å². The van der Waals surface area contributed by atoms with Gasteiger partial charge in [0.05, 0.1) is 0 Å². The maximum absolute atomic E-state index is 11.6. The number of hydrogen-bond acceptors (Lipinski definition) is 2. The van der Waals surface area contributed by atoms with E-state index in [1.54, 1.807) is 0 Å². The number of rotatable bonds is 5. The summed E-state index contributed by atoms with van der Waals surface area (Å²) in [5.41, 5.74) is 0. The summed E-state index contributed by atoms with van der Waals surface area (Å²) in [6, 6.07) is 0. The van der Waals surface area contributed by atoms with Crippen LogP contribution < -0.4 is 5.32 Å². The molecule has 3 heteroatoms. The molecule has 14 heavy (non-hydrogen) atoms. The smallest absolute Gasteiger partial charge is 0.223 e. The molecule has 0 radical (unpaired) electrons. The monoisotopic (exact) mass is 198 g/mol. The van der Waals surface area contributed by atoms with Gasteiger partial charge in [-0.25, -0.2) is 0 Å². The molecule has 1 amide bonds. The van der Waals surface area contributed by atoms with Crippen molar-refractivity contribution in [3.8, 4) is 0 Å². The van der Waals surface area contributed by atoms with E-state index in [9.17, 15) is 4.79 Å². The van der Waals surface area contributed by atoms with Crippen molar-refractivity contribution in [1.29, 1.82) is 0 Å². The summed E-state index contributed by atoms with van der Waals surface area (Å²) in [7, 11) is 1.89. The third-order valence-electron chi connectivity index (χ3n) is 2.92. The van der Waals surface area contributed by atoms with Gasteiger partial charge in [-0.1, -0.05) is 13.3 Å². The first-order valence-electron chi connectivity index (χ1n) is 5.70. The van der Waals surface area contributed by atoms with Gasteiger partial charge >= 0.3 is 0 Å². The minimum Gasteiger partial charge on any atom is -0.342 e. The highest BCUT2D eigenvalue weighted by molar-refractivity contribution is 5.76. The summed E-state index contributed by atoms with van der Waals surface area (Å²) in [6.45, 7) is 4.99. The first-order chi connectivity index (χ1) is 6.77. The van der Waals surface area contributed by atoms with Gasteiger partial charge in [0.25, 0.3) is 0 Å². The van der Waals surface area contributed by atoms with E-state index in [1.807, 2.05) is 11.9 Å². The van der Waals surface area contributed by atoms with E-state index < -0.39 is 0 Å². The topological polar surface area (TPSA) is 32.3 Å². The highest BCUT2D eigenvalue weighted by atomic mass is 16.2. The van der Waals surface area contributed by atoms with Crippen molar-refractivity contribution in [2.75, 3.05) is 26.7 Å². The van der Waals surface area contributed by atoms with Crippen LogP contribution in [0.4, 0.5) is 0 Å². The van der Waals surface area contributed by atoms with E-state index in [2.05, 4.69) is 12.2 Å². The molecule has 1 saturated heterocycles. The number of carbonyl (C=O) groups is 1. The SMILES string of the molecule is CCCC1CCN(C(=O)CCNC)C1. The molecule has 0 aromatic heterocycles. The van der Waals surface area contributed by atoms with Crippen molar-refractivity contribution < 1.29 is 4.79 Å². The van der Waals surface area contributed by atoms with Crippen LogP contribution in [0, 0.1) is 5.92 Å². The largest absolute Gasteiger partial charge is 0.342 e. The molecule has 0 aromatic carbocycles. The fraction of sp³-hybridized carbons (Fsp3) is 0.909. The Labute approximate surface area is 86.9 Å². The molecule has 1 N–H and O–H groups in total. The van der Waals surface area contributed by atoms with Gasteiger partial charge in [0.2, 0.25) is 5.91 Å². The van der Waals surface area contributed by atoms with Gasteiger partial charge in [-0.2, -0.15) is 0 Å². The van der Waals surface area contributed by atoms with Crippen LogP contribution in [0.3, 0.4) is 0 Å². The zero-order valence-corrected chi connectivity index (χ0v) is 9.38. The van der Waals surface area contributed by atoms with E-state index >= 15 is 0 Å². The molecule has 1 atom stereocenters. The van der Waals surface area contributed by atoms with Crippen LogP contribution in [0.1, 0.15) is 32.6 Å². The molecule has 0 aliphatic carbocycles. The third kappa shape index (κ3) is 3.29. The molecule has 1 aliphatic heterocycles. The van der Waals surface area contributed by atoms with Gasteiger partial charge in [0.15, 0.2) is 0 Å². The lowest BCUT2D eigenvalue weighted by atomic mass is 10.0. The fourth-order valence-electron chi connectivity index (χ4n) is 2.09. The first-order valence-corrected chi connectivity index (χ1v) is 5.70. The lowest BCUT2D eigenvalue weighted by Gasteiger charge is -2.16. The minimum absolute atomic E-state index is 0.318. The van der Waals surface area contributed by atoms with Crippen molar-refractivity contribution in [2.24, 2.45) is 5.92 Å². The number of nitrogens with one attached hydrogen (secondary N) is 1. The summed E-state index contributed by atoms with van der Waals surface area (Å²) in [6.07, 6.45) is 4.37. The predicted molar refractivity (Wildman–Crippen MR) is 58.1 cm³/mol. The van der Waals surface area contributed by atoms with Crippen LogP contribution in [-0.4, -0.2) is 37.5 Å². The Morgan fingerprint density at radius 2 is 2.36 bits per heavy atom. The number of likely N-dealkylation sites (tertiary alicyclic amines) is 1. The Bertz CT molecular complexity index is 182. The standard InChI is InChI=1S/C11H22N2O/c1-3-4-10-6-8-13(9-10)11(14)5-7-12-2/h10,12H,3-9H2,1-2H3. The van der Waals surface area contributed by atoms with Gasteiger partial charge < -0.3 is 10.2 Å². The summed E-state index contributed by atoms with van der Waals surface area (Å²) < 4.78 is 0. The summed E-state index contributed by atoms with van der Waals surface area (Å²) in [5.74, 6) is 1.08. The quantitative estimate of drug-likeness (QED) is 0.721. The molecule has 1 unspecified atom stereocenters. The Morgan fingerprint density at radius 1 is 1.57 bits per heavy atom. The molecule has 1 rings (SSSR count). The first kappa shape index (κ1) is 11.5. The molecule has 1 aliphatic rings. The number of amides is 1. The molecule has 0 spiro atoms. The average Bonchev–Trinajstić information content (AvgIpc) is 2.63. The highest BCUT2D eigenvalue weighted by Crippen LogP contribution is 2.21. The lowest BCUT2D eigenvalue weighted by Crippen LogP contribution is -2.30. The van der Waals surface area contributed by atoms with Crippen LogP contribution in [0.15, 0.2) is 0 Å². The fourth-order valence-corrected chi connectivity index (χ4v) is 2.09. The zero-order chi connectivity index (χ0) is 10.4. The molecular formula is C11H22N2O. The van der Waals surface area contributed by atoms with E-state index in [0.717, 1.165) is 25.6 Å². The van der Waals surface area contributed by atoms with Crippen molar-refractivity contribution in [3.63, 3.8) is 0 Å². The van der Waals surface area contributed by atoms with Crippen molar-refractivity contribution in [1.82, 2.24) is 10.2 Å². The summed E-state index contributed by atoms with van der Waals surface area (Å²) in [4.78, 5) is 13.7. The molecule has 0 bridgehead atoms. The maximum Gasteiger partial charge on any atom is 0.223 e. The molecule has 82 valence electrons. The molecule has 0 aromatic rings. The second-order valence-electron chi connectivity index (χ2n) is 4.14. The van der Waals surface area contributed by atoms with Gasteiger partial charge in [-0.05, 0) is 25.8 Å². The Kier molecular flexibility index (Phi) is 4.94. The maximum atomic E-state index is 11.6. The van der Waals surface area contributed by atoms with Crippen LogP contribution >= 0.6 is 0 Å². The lowest BCUT2D eigenvalue weighted by molar-refractivity contribution is -0.130. The molecular weight excluding hydrogens is 176 g/mol. The normalized spacial score (nSPS) is 21.6. The van der Waals surface area contributed by atoms with Crippen molar-refractivity contribution >= 4 is 5.91 Å². The zero-order valence-electron chi connectivity index (χ0n) is 9.38. The number of hydrogen-bond donors (Lipinski definition) is 1. The number of carbonyl (C=O) groups excluding carboxylic acids is 1. The summed E-state index contributed by atoms with van der Waals surface area (Å²) >= 11 is 0. The molecule has 1 fully saturated rings. The van der Waals surface area contributed by atoms with Crippen LogP contribution in [-0.2, 0) is 4.79 Å². The second kappa shape index (κ2) is 6.02. The Morgan fingerprint density at radius 3 is 3.00 bits per heavy atom. The average molecular weight is 198 g/mol. The van der Waals surface area contributed by atoms with Crippen LogP contribution in [0.25, 0.3) is 0 Å². The van der Waals surface area contributed by atoms with Gasteiger partial charge in [-0.15, -0.1) is 0 Å². The van der Waals surface area contributed by atoms with Crippen molar-refractivity contribution in [2.45, 2.75) is 32.6 Å². The number of nitrogens with zero attached hydrogens (tertiary/aromatic N) is 1. The van der Waals surface area contributed by atoms with Gasteiger partial charge in [0, 0.05) is 26.1 Å². The molecule has 1 heterocycles. The van der Waals surface area contributed by atoms with Gasteiger partial charge in [0.1, 0.15) is 0 Å².